The Kier molecular flexibility index (Phi) is 25.7. The standard InChI is InChI=1S/C25H29F2N7O2.C19H29N3O4.C18H27N3O4/c1-14(2)33-24-25(36)34(20(12-32-24)17-8-18(22(26)27)10-19(28)9-17)13-21(35)31-11-15-4-6-16(7-5-15)23(29)30-3;1-18(2,3)25-16(23)22(17(24)26-19(4,5)6)12-13-8-10-14(11-9-13)15(20)21-7;1-17(2,3)24-15(22)21(16(23)25-18(4,5)6)11-12-7-9-13(10-8-12)14(19)20/h4-10,12,14,22H,11,13,28H2,1-3H3,(H2,29,30)(H,31,35)(H,32,33);8-11H,12H2,1-7H3,(H2,20,21);7-10H,11H2,1-6H3,(H3,19,20). The molecule has 0 radical (unpaired) electrons. The lowest BCUT2D eigenvalue weighted by Crippen LogP contribution is -2.43. The summed E-state index contributed by atoms with van der Waals surface area (Å²) in [5.74, 6) is 0.356. The number of amidine groups is 3. The number of alkyl halides is 2. The summed E-state index contributed by atoms with van der Waals surface area (Å²) in [6.45, 7) is 24.3. The van der Waals surface area contributed by atoms with Gasteiger partial charge in [0.2, 0.25) is 5.91 Å². The van der Waals surface area contributed by atoms with E-state index < -0.39 is 64.7 Å². The molecule has 87 heavy (non-hydrogen) atoms. The molecule has 0 saturated heterocycles. The van der Waals surface area contributed by atoms with Gasteiger partial charge in [0.15, 0.2) is 5.82 Å². The summed E-state index contributed by atoms with van der Waals surface area (Å²) >= 11 is 0. The molecule has 0 fully saturated rings. The lowest BCUT2D eigenvalue weighted by molar-refractivity contribution is -0.121. The van der Waals surface area contributed by atoms with Crippen LogP contribution in [0.15, 0.2) is 112 Å². The maximum Gasteiger partial charge on any atom is 0.420 e. The number of nitrogens with zero attached hydrogens (tertiary/aromatic N) is 6. The van der Waals surface area contributed by atoms with Crippen LogP contribution in [0.2, 0.25) is 0 Å². The number of benzene rings is 4. The number of rotatable bonds is 15. The Bertz CT molecular complexity index is 3250. The van der Waals surface area contributed by atoms with Crippen molar-refractivity contribution >= 4 is 59.3 Å². The molecule has 0 bridgehead atoms. The first-order valence-corrected chi connectivity index (χ1v) is 27.5. The number of anilines is 2. The predicted octanol–water partition coefficient (Wildman–Crippen LogP) is 10.2. The Labute approximate surface area is 507 Å². The first-order chi connectivity index (χ1) is 40.2. The fourth-order valence-electron chi connectivity index (χ4n) is 7.26. The van der Waals surface area contributed by atoms with Gasteiger partial charge in [-0.05, 0) is 132 Å². The fourth-order valence-corrected chi connectivity index (χ4v) is 7.26. The number of halogens is 2. The van der Waals surface area contributed by atoms with Crippen LogP contribution in [-0.2, 0) is 49.9 Å². The average molecular weight is 1210 g/mol. The van der Waals surface area contributed by atoms with Crippen LogP contribution in [0.4, 0.5) is 39.5 Å². The highest BCUT2D eigenvalue weighted by molar-refractivity contribution is 5.98. The number of nitrogens with one attached hydrogen (secondary N) is 3. The molecule has 1 aromatic heterocycles. The van der Waals surface area contributed by atoms with E-state index >= 15 is 0 Å². The number of nitrogens with two attached hydrogens (primary N) is 4. The van der Waals surface area contributed by atoms with Crippen molar-refractivity contribution in [2.24, 2.45) is 27.2 Å². The third kappa shape index (κ3) is 25.0. The molecule has 4 aromatic carbocycles. The third-order valence-corrected chi connectivity index (χ3v) is 11.2. The molecule has 0 saturated carbocycles. The van der Waals surface area contributed by atoms with Crippen molar-refractivity contribution in [3.05, 3.63) is 146 Å². The van der Waals surface area contributed by atoms with Crippen LogP contribution in [0, 0.1) is 5.41 Å². The van der Waals surface area contributed by atoms with Gasteiger partial charge in [0, 0.05) is 60.2 Å². The molecule has 0 unspecified atom stereocenters. The summed E-state index contributed by atoms with van der Waals surface area (Å²) in [7, 11) is 3.20. The first-order valence-electron chi connectivity index (χ1n) is 27.5. The van der Waals surface area contributed by atoms with Gasteiger partial charge in [-0.15, -0.1) is 0 Å². The largest absolute Gasteiger partial charge is 0.443 e. The number of aliphatic imine (C=N–C) groups is 2. The van der Waals surface area contributed by atoms with Gasteiger partial charge < -0.3 is 52.5 Å². The second-order valence-electron chi connectivity index (χ2n) is 24.0. The second kappa shape index (κ2) is 31.1. The highest BCUT2D eigenvalue weighted by Crippen LogP contribution is 2.29. The van der Waals surface area contributed by atoms with Gasteiger partial charge in [-0.1, -0.05) is 72.8 Å². The zero-order chi connectivity index (χ0) is 65.9. The molecule has 0 atom stereocenters. The fraction of sp³-hybridized carbons (Fsp3) is 0.419. The van der Waals surface area contributed by atoms with Gasteiger partial charge in [-0.2, -0.15) is 0 Å². The van der Waals surface area contributed by atoms with Crippen molar-refractivity contribution in [3.8, 4) is 11.3 Å². The van der Waals surface area contributed by atoms with Crippen LogP contribution in [0.5, 0.6) is 0 Å². The topological polar surface area (TPSA) is 340 Å². The molecule has 5 amide bonds. The number of imide groups is 2. The summed E-state index contributed by atoms with van der Waals surface area (Å²) in [5.41, 5.74) is 23.9. The Morgan fingerprint density at radius 1 is 0.621 bits per heavy atom. The summed E-state index contributed by atoms with van der Waals surface area (Å²) < 4.78 is 49.2. The SMILES string of the molecule is CC(C)(C)OC(=O)N(Cc1ccc(C(=N)N)cc1)C(=O)OC(C)(C)C.CN=C(N)c1ccc(CN(C(=O)OC(C)(C)C)C(=O)OC(C)(C)C)cc1.CN=C(N)c1ccc(CNC(=O)Cn2c(-c3cc(N)cc(C(F)F)c3)cnc(NC(C)C)c2=O)cc1. The molecule has 0 aliphatic carbocycles. The summed E-state index contributed by atoms with van der Waals surface area (Å²) in [6.07, 6.45) is -4.47. The molecular weight excluding hydrogens is 1120 g/mol. The highest BCUT2D eigenvalue weighted by Gasteiger charge is 2.33. The summed E-state index contributed by atoms with van der Waals surface area (Å²) in [5, 5.41) is 13.1. The Balaban J connectivity index is 0.000000350. The monoisotopic (exact) mass is 1210 g/mol. The van der Waals surface area contributed by atoms with Gasteiger partial charge >= 0.3 is 24.4 Å². The van der Waals surface area contributed by atoms with Crippen LogP contribution in [-0.4, -0.2) is 110 Å². The highest BCUT2D eigenvalue weighted by atomic mass is 19.3. The first kappa shape index (κ1) is 71.8. The maximum atomic E-state index is 13.4. The number of amides is 5. The van der Waals surface area contributed by atoms with E-state index in [1.807, 2.05) is 13.8 Å². The number of carbonyl (C=O) groups excluding carboxylic acids is 5. The minimum absolute atomic E-state index is 0.0119. The second-order valence-corrected chi connectivity index (χ2v) is 24.0. The van der Waals surface area contributed by atoms with E-state index in [9.17, 15) is 37.5 Å². The quantitative estimate of drug-likeness (QED) is 0.0222. The predicted molar refractivity (Wildman–Crippen MR) is 334 cm³/mol. The Hall–Kier alpha value is -9.42. The van der Waals surface area contributed by atoms with Crippen molar-refractivity contribution in [1.82, 2.24) is 24.7 Å². The van der Waals surface area contributed by atoms with Crippen LogP contribution in [0.1, 0.15) is 142 Å². The van der Waals surface area contributed by atoms with Gasteiger partial charge in [0.1, 0.15) is 46.5 Å². The van der Waals surface area contributed by atoms with Gasteiger partial charge in [0.25, 0.3) is 12.0 Å². The number of ether oxygens (including phenoxy) is 4. The minimum Gasteiger partial charge on any atom is -0.443 e. The number of nitrogen functional groups attached to an aromatic ring is 2. The van der Waals surface area contributed by atoms with Gasteiger partial charge in [-0.25, -0.2) is 42.7 Å². The molecule has 0 aliphatic heterocycles. The molecule has 0 spiro atoms. The van der Waals surface area contributed by atoms with Gasteiger partial charge in [-0.3, -0.25) is 29.6 Å². The van der Waals surface area contributed by atoms with Crippen molar-refractivity contribution in [1.29, 1.82) is 5.41 Å². The van der Waals surface area contributed by atoms with Crippen LogP contribution in [0.3, 0.4) is 0 Å². The molecule has 1 heterocycles. The molecule has 0 aliphatic rings. The van der Waals surface area contributed by atoms with Crippen molar-refractivity contribution in [2.75, 3.05) is 25.1 Å². The van der Waals surface area contributed by atoms with E-state index in [1.165, 1.54) is 22.9 Å². The lowest BCUT2D eigenvalue weighted by Gasteiger charge is -2.28. The zero-order valence-corrected chi connectivity index (χ0v) is 52.6. The molecule has 5 rings (SSSR count). The van der Waals surface area contributed by atoms with Crippen LogP contribution < -0.4 is 39.1 Å². The minimum atomic E-state index is -2.75. The maximum absolute atomic E-state index is 13.4. The van der Waals surface area contributed by atoms with E-state index in [0.717, 1.165) is 38.1 Å². The zero-order valence-electron chi connectivity index (χ0n) is 52.6. The molecule has 11 N–H and O–H groups in total. The number of carbonyl (C=O) groups is 5. The summed E-state index contributed by atoms with van der Waals surface area (Å²) in [4.78, 5) is 89.7. The number of hydrogen-bond acceptors (Lipinski definition) is 16. The van der Waals surface area contributed by atoms with Crippen molar-refractivity contribution in [2.45, 2.75) is 158 Å². The average Bonchev–Trinajstić information content (AvgIpc) is 1.15. The number of aromatic nitrogens is 2. The van der Waals surface area contributed by atoms with E-state index in [1.54, 1.807) is 170 Å². The van der Waals surface area contributed by atoms with E-state index in [-0.39, 0.29) is 66.4 Å². The Morgan fingerprint density at radius 3 is 1.34 bits per heavy atom. The lowest BCUT2D eigenvalue weighted by atomic mass is 10.1. The molecule has 5 aromatic rings. The molecular formula is C62H85F2N13O10. The Morgan fingerprint density at radius 2 is 1.00 bits per heavy atom. The van der Waals surface area contributed by atoms with Crippen molar-refractivity contribution < 1.29 is 51.7 Å². The third-order valence-electron chi connectivity index (χ3n) is 11.2. The number of hydrogen-bond donors (Lipinski definition) is 7. The van der Waals surface area contributed by atoms with Crippen LogP contribution in [0.25, 0.3) is 11.3 Å². The molecule has 23 nitrogen and oxygen atoms in total. The van der Waals surface area contributed by atoms with E-state index in [4.69, 9.17) is 47.3 Å². The van der Waals surface area contributed by atoms with Gasteiger partial charge in [0.05, 0.1) is 25.0 Å². The summed E-state index contributed by atoms with van der Waals surface area (Å²) in [6, 6.07) is 24.7. The van der Waals surface area contributed by atoms with E-state index in [2.05, 4.69) is 25.6 Å². The smallest absolute Gasteiger partial charge is 0.420 e. The van der Waals surface area contributed by atoms with E-state index in [0.29, 0.717) is 22.8 Å². The molecule has 472 valence electrons. The normalized spacial score (nSPS) is 11.9. The van der Waals surface area contributed by atoms with Crippen LogP contribution >= 0.6 is 0 Å². The van der Waals surface area contributed by atoms with Crippen molar-refractivity contribution in [3.63, 3.8) is 0 Å². The molecule has 25 heteroatoms.